The first-order valence-electron chi connectivity index (χ1n) is 7.71. The zero-order valence-electron chi connectivity index (χ0n) is 14.1. The number of aromatic amines is 1. The number of carboxylic acid groups (broad SMARTS) is 1. The molecule has 0 amide bonds. The van der Waals surface area contributed by atoms with Gasteiger partial charge in [-0.3, -0.25) is 24.8 Å². The van der Waals surface area contributed by atoms with Crippen LogP contribution in [0.3, 0.4) is 0 Å². The van der Waals surface area contributed by atoms with Crippen LogP contribution in [-0.4, -0.2) is 43.7 Å². The molecule has 1 aromatic carbocycles. The number of hydrogen-bond acceptors (Lipinski definition) is 8. The number of aliphatic carboxylic acids is 1. The van der Waals surface area contributed by atoms with Gasteiger partial charge in [0.15, 0.2) is 5.75 Å². The van der Waals surface area contributed by atoms with E-state index in [0.717, 1.165) is 4.68 Å². The molecule has 1 aromatic heterocycles. The summed E-state index contributed by atoms with van der Waals surface area (Å²) in [5, 5.41) is 29.9. The molecule has 0 aliphatic carbocycles. The number of aromatic nitrogens is 3. The van der Waals surface area contributed by atoms with Gasteiger partial charge >= 0.3 is 11.7 Å². The summed E-state index contributed by atoms with van der Waals surface area (Å²) in [7, 11) is 0. The van der Waals surface area contributed by atoms with Gasteiger partial charge in [0.05, 0.1) is 24.2 Å². The Morgan fingerprint density at radius 1 is 1.56 bits per heavy atom. The smallest absolute Gasteiger partial charge is 0.311 e. The predicted octanol–water partition coefficient (Wildman–Crippen LogP) is 1.51. The molecule has 1 heterocycles. The van der Waals surface area contributed by atoms with E-state index in [1.807, 2.05) is 0 Å². The van der Waals surface area contributed by atoms with Crippen molar-refractivity contribution in [2.45, 2.75) is 19.8 Å². The maximum atomic E-state index is 12.3. The number of hydrogen-bond donors (Lipinski definition) is 2. The maximum Gasteiger partial charge on any atom is 0.311 e. The number of nitrogens with one attached hydrogen (secondary N) is 1. The number of H-pyrrole nitrogens is 1. The van der Waals surface area contributed by atoms with Gasteiger partial charge in [-0.25, -0.2) is 0 Å². The van der Waals surface area contributed by atoms with Crippen LogP contribution in [0.1, 0.15) is 24.6 Å². The van der Waals surface area contributed by atoms with E-state index >= 15 is 0 Å². The fourth-order valence-corrected chi connectivity index (χ4v) is 2.25. The number of nitro benzene ring substituents is 1. The first kappa shape index (κ1) is 19.9. The van der Waals surface area contributed by atoms with Gasteiger partial charge in [0.1, 0.15) is 5.69 Å². The molecule has 2 N–H and O–H groups in total. The summed E-state index contributed by atoms with van der Waals surface area (Å²) in [5.74, 6) is -0.954. The molecule has 12 heteroatoms. The van der Waals surface area contributed by atoms with E-state index < -0.39 is 16.5 Å². The van der Waals surface area contributed by atoms with Gasteiger partial charge in [0.2, 0.25) is 4.77 Å². The highest BCUT2D eigenvalue weighted by molar-refractivity contribution is 7.71. The highest BCUT2D eigenvalue weighted by atomic mass is 32.1. The Labute approximate surface area is 157 Å². The van der Waals surface area contributed by atoms with Crippen LogP contribution in [-0.2, 0) is 11.2 Å². The Bertz CT molecular complexity index is 1010. The third-order valence-electron chi connectivity index (χ3n) is 3.30. The molecule has 0 radical (unpaired) electrons. The number of carboxylic acids is 1. The lowest BCUT2D eigenvalue weighted by Crippen LogP contribution is -2.25. The topological polar surface area (TPSA) is 153 Å². The van der Waals surface area contributed by atoms with Crippen molar-refractivity contribution in [1.29, 1.82) is 0 Å². The number of nitrogens with zero attached hydrogens (tertiary/aromatic N) is 4. The molecule has 2 aromatic rings. The molecule has 0 unspecified atom stereocenters. The fourth-order valence-electron chi connectivity index (χ4n) is 2.08. The monoisotopic (exact) mass is 393 g/mol. The van der Waals surface area contributed by atoms with Crippen LogP contribution in [0.4, 0.5) is 5.69 Å². The summed E-state index contributed by atoms with van der Waals surface area (Å²) in [6.45, 7) is 1.98. The summed E-state index contributed by atoms with van der Waals surface area (Å²) in [6, 6.07) is 4.21. The van der Waals surface area contributed by atoms with Gasteiger partial charge < -0.3 is 9.84 Å². The van der Waals surface area contributed by atoms with E-state index in [1.54, 1.807) is 6.92 Å². The van der Waals surface area contributed by atoms with Crippen LogP contribution >= 0.6 is 12.2 Å². The Hall–Kier alpha value is -3.41. The SMILES string of the molecule is CCOc1ccc(/C=N\n2c(=S)[nH]nc(CCC(=O)O)c2=O)cc1[N+](=O)[O-]. The van der Waals surface area contributed by atoms with Crippen LogP contribution in [0.2, 0.25) is 0 Å². The Morgan fingerprint density at radius 2 is 2.30 bits per heavy atom. The second-order valence-electron chi connectivity index (χ2n) is 5.15. The minimum absolute atomic E-state index is 0.0409. The molecule has 0 saturated carbocycles. The second kappa shape index (κ2) is 8.80. The third kappa shape index (κ3) is 5.04. The lowest BCUT2D eigenvalue weighted by molar-refractivity contribution is -0.385. The molecule has 0 aliphatic rings. The quantitative estimate of drug-likeness (QED) is 0.296. The van der Waals surface area contributed by atoms with E-state index in [2.05, 4.69) is 15.3 Å². The highest BCUT2D eigenvalue weighted by Gasteiger charge is 2.15. The van der Waals surface area contributed by atoms with E-state index in [9.17, 15) is 19.7 Å². The van der Waals surface area contributed by atoms with Crippen molar-refractivity contribution in [2.75, 3.05) is 6.61 Å². The zero-order chi connectivity index (χ0) is 20.0. The lowest BCUT2D eigenvalue weighted by atomic mass is 10.2. The van der Waals surface area contributed by atoms with Crippen LogP contribution in [0.5, 0.6) is 5.75 Å². The number of carbonyl (C=O) groups is 1. The molecule has 0 bridgehead atoms. The molecule has 142 valence electrons. The number of rotatable bonds is 8. The number of ether oxygens (including phenoxy) is 1. The molecule has 0 fully saturated rings. The Kier molecular flexibility index (Phi) is 6.49. The average molecular weight is 393 g/mol. The van der Waals surface area contributed by atoms with Gasteiger partial charge in [0.25, 0.3) is 5.56 Å². The summed E-state index contributed by atoms with van der Waals surface area (Å²) in [5.41, 5.74) is -0.608. The summed E-state index contributed by atoms with van der Waals surface area (Å²) in [6.07, 6.45) is 0.848. The summed E-state index contributed by atoms with van der Waals surface area (Å²) < 4.78 is 5.93. The fraction of sp³-hybridized carbons (Fsp3) is 0.267. The number of nitro groups is 1. The van der Waals surface area contributed by atoms with Gasteiger partial charge in [-0.05, 0) is 31.3 Å². The molecular weight excluding hydrogens is 378 g/mol. The molecule has 0 spiro atoms. The van der Waals surface area contributed by atoms with Crippen molar-refractivity contribution in [3.8, 4) is 5.75 Å². The molecule has 0 saturated heterocycles. The van der Waals surface area contributed by atoms with E-state index in [1.165, 1.54) is 24.4 Å². The third-order valence-corrected chi connectivity index (χ3v) is 3.56. The van der Waals surface area contributed by atoms with Gasteiger partial charge in [0, 0.05) is 18.1 Å². The highest BCUT2D eigenvalue weighted by Crippen LogP contribution is 2.27. The van der Waals surface area contributed by atoms with E-state index in [4.69, 9.17) is 22.1 Å². The van der Waals surface area contributed by atoms with Crippen LogP contribution in [0.25, 0.3) is 0 Å². The van der Waals surface area contributed by atoms with Gasteiger partial charge in [-0.15, -0.1) is 0 Å². The Balaban J connectivity index is 2.38. The molecule has 0 aliphatic heterocycles. The molecular formula is C15H15N5O6S. The molecule has 0 atom stereocenters. The number of aryl methyl sites for hydroxylation is 1. The standard InChI is InChI=1S/C15H15N5O6S/c1-2-26-12-5-3-9(7-11(12)20(24)25)8-16-19-14(23)10(4-6-13(21)22)17-18-15(19)27/h3,5,7-8H,2,4,6H2,1H3,(H,18,27)(H,21,22)/b16-8-. The molecule has 27 heavy (non-hydrogen) atoms. The molecule has 2 rings (SSSR count). The van der Waals surface area contributed by atoms with Crippen molar-refractivity contribution >= 4 is 30.1 Å². The van der Waals surface area contributed by atoms with Crippen LogP contribution < -0.4 is 10.3 Å². The van der Waals surface area contributed by atoms with Crippen molar-refractivity contribution in [3.05, 3.63) is 54.7 Å². The first-order valence-corrected chi connectivity index (χ1v) is 8.12. The van der Waals surface area contributed by atoms with Crippen LogP contribution in [0, 0.1) is 14.9 Å². The van der Waals surface area contributed by atoms with Gasteiger partial charge in [-0.1, -0.05) is 0 Å². The van der Waals surface area contributed by atoms with Crippen molar-refractivity contribution in [3.63, 3.8) is 0 Å². The van der Waals surface area contributed by atoms with E-state index in [0.29, 0.717) is 5.56 Å². The van der Waals surface area contributed by atoms with Crippen molar-refractivity contribution < 1.29 is 19.6 Å². The maximum absolute atomic E-state index is 12.3. The predicted molar refractivity (Wildman–Crippen MR) is 96.9 cm³/mol. The Morgan fingerprint density at radius 3 is 2.93 bits per heavy atom. The van der Waals surface area contributed by atoms with Crippen molar-refractivity contribution in [1.82, 2.24) is 14.9 Å². The lowest BCUT2D eigenvalue weighted by Gasteiger charge is -2.05. The second-order valence-corrected chi connectivity index (χ2v) is 5.53. The molecule has 11 nitrogen and oxygen atoms in total. The zero-order valence-corrected chi connectivity index (χ0v) is 14.9. The normalized spacial score (nSPS) is 10.9. The average Bonchev–Trinajstić information content (AvgIpc) is 2.61. The summed E-state index contributed by atoms with van der Waals surface area (Å²) in [4.78, 5) is 33.5. The minimum atomic E-state index is -1.07. The van der Waals surface area contributed by atoms with Crippen molar-refractivity contribution in [2.24, 2.45) is 5.10 Å². The first-order chi connectivity index (χ1) is 12.8. The van der Waals surface area contributed by atoms with E-state index in [-0.39, 0.29) is 41.4 Å². The summed E-state index contributed by atoms with van der Waals surface area (Å²) >= 11 is 4.96. The largest absolute Gasteiger partial charge is 0.487 e. The number of benzene rings is 1. The van der Waals surface area contributed by atoms with Crippen LogP contribution in [0.15, 0.2) is 28.1 Å². The van der Waals surface area contributed by atoms with Gasteiger partial charge in [-0.2, -0.15) is 14.9 Å². The minimum Gasteiger partial charge on any atom is -0.487 e.